The minimum atomic E-state index is 0.715. The molecule has 1 aliphatic heterocycles. The van der Waals surface area contributed by atoms with Crippen molar-refractivity contribution < 1.29 is 0 Å². The van der Waals surface area contributed by atoms with Crippen LogP contribution in [-0.4, -0.2) is 62.4 Å². The van der Waals surface area contributed by atoms with Crippen LogP contribution in [0.4, 0.5) is 5.82 Å². The van der Waals surface area contributed by atoms with Gasteiger partial charge < -0.3 is 20.4 Å². The molecule has 7 heteroatoms. The van der Waals surface area contributed by atoms with Gasteiger partial charge in [-0.3, -0.25) is 4.99 Å². The Morgan fingerprint density at radius 2 is 1.86 bits per heavy atom. The lowest BCUT2D eigenvalue weighted by Gasteiger charge is -2.33. The minimum Gasteiger partial charge on any atom is -0.354 e. The number of anilines is 1. The standard InChI is InChI=1S/C22H32N6S/c1-17-5-6-19(20(13-17)29-4)16-26-22(23-2)25-15-18-7-8-24-21(14-18)28-11-9-27(3)10-12-28/h5-8,13-14H,9-12,15-16H2,1-4H3,(H2,23,25,26). The minimum absolute atomic E-state index is 0.715. The summed E-state index contributed by atoms with van der Waals surface area (Å²) >= 11 is 1.78. The highest BCUT2D eigenvalue weighted by atomic mass is 32.2. The van der Waals surface area contributed by atoms with Gasteiger partial charge in [-0.2, -0.15) is 0 Å². The summed E-state index contributed by atoms with van der Waals surface area (Å²) in [6, 6.07) is 10.8. The molecule has 2 N–H and O–H groups in total. The first-order chi connectivity index (χ1) is 14.1. The zero-order valence-corrected chi connectivity index (χ0v) is 18.7. The van der Waals surface area contributed by atoms with Crippen molar-refractivity contribution in [3.63, 3.8) is 0 Å². The number of aryl methyl sites for hydroxylation is 1. The zero-order valence-electron chi connectivity index (χ0n) is 17.9. The van der Waals surface area contributed by atoms with Crippen LogP contribution in [0.25, 0.3) is 0 Å². The number of aromatic nitrogens is 1. The number of hydrogen-bond acceptors (Lipinski definition) is 5. The van der Waals surface area contributed by atoms with E-state index < -0.39 is 0 Å². The van der Waals surface area contributed by atoms with Crippen LogP contribution >= 0.6 is 11.8 Å². The lowest BCUT2D eigenvalue weighted by Crippen LogP contribution is -2.44. The van der Waals surface area contributed by atoms with Crippen molar-refractivity contribution in [3.8, 4) is 0 Å². The van der Waals surface area contributed by atoms with Crippen LogP contribution in [0.2, 0.25) is 0 Å². The predicted molar refractivity (Wildman–Crippen MR) is 124 cm³/mol. The van der Waals surface area contributed by atoms with Crippen LogP contribution in [0.15, 0.2) is 46.4 Å². The summed E-state index contributed by atoms with van der Waals surface area (Å²) in [5.41, 5.74) is 3.78. The van der Waals surface area contributed by atoms with E-state index in [2.05, 4.69) is 81.0 Å². The van der Waals surface area contributed by atoms with Crippen LogP contribution in [0.1, 0.15) is 16.7 Å². The predicted octanol–water partition coefficient (Wildman–Crippen LogP) is 2.73. The summed E-state index contributed by atoms with van der Waals surface area (Å²) in [5.74, 6) is 1.86. The molecule has 0 saturated carbocycles. The molecule has 1 aliphatic rings. The molecule has 2 aromatic rings. The molecule has 1 aromatic carbocycles. The third-order valence-corrected chi connectivity index (χ3v) is 6.03. The molecule has 1 saturated heterocycles. The number of rotatable bonds is 6. The Labute approximate surface area is 178 Å². The fourth-order valence-electron chi connectivity index (χ4n) is 3.36. The summed E-state index contributed by atoms with van der Waals surface area (Å²) in [5, 5.41) is 6.85. The number of pyridine rings is 1. The zero-order chi connectivity index (χ0) is 20.6. The normalized spacial score (nSPS) is 15.4. The van der Waals surface area contributed by atoms with Crippen molar-refractivity contribution in [2.24, 2.45) is 4.99 Å². The third kappa shape index (κ3) is 6.11. The first-order valence-corrected chi connectivity index (χ1v) is 11.3. The Balaban J connectivity index is 1.55. The largest absolute Gasteiger partial charge is 0.354 e. The fraction of sp³-hybridized carbons (Fsp3) is 0.455. The van der Waals surface area contributed by atoms with E-state index in [9.17, 15) is 0 Å². The van der Waals surface area contributed by atoms with Crippen LogP contribution in [0.3, 0.4) is 0 Å². The molecule has 0 spiro atoms. The molecule has 0 bridgehead atoms. The van der Waals surface area contributed by atoms with E-state index >= 15 is 0 Å². The number of guanidine groups is 1. The van der Waals surface area contributed by atoms with Crippen LogP contribution in [0, 0.1) is 6.92 Å². The van der Waals surface area contributed by atoms with Crippen molar-refractivity contribution in [2.45, 2.75) is 24.9 Å². The van der Waals surface area contributed by atoms with Crippen molar-refractivity contribution in [1.29, 1.82) is 0 Å². The molecule has 0 amide bonds. The van der Waals surface area contributed by atoms with Crippen molar-refractivity contribution in [1.82, 2.24) is 20.5 Å². The number of nitrogens with one attached hydrogen (secondary N) is 2. The van der Waals surface area contributed by atoms with E-state index in [0.29, 0.717) is 6.54 Å². The van der Waals surface area contributed by atoms with Gasteiger partial charge in [0, 0.05) is 57.4 Å². The summed E-state index contributed by atoms with van der Waals surface area (Å²) in [6.07, 6.45) is 4.02. The maximum Gasteiger partial charge on any atom is 0.191 e. The third-order valence-electron chi connectivity index (χ3n) is 5.21. The number of benzene rings is 1. The van der Waals surface area contributed by atoms with Crippen LogP contribution in [0.5, 0.6) is 0 Å². The second-order valence-electron chi connectivity index (χ2n) is 7.41. The highest BCUT2D eigenvalue weighted by Gasteiger charge is 2.15. The Bertz CT molecular complexity index is 830. The molecular weight excluding hydrogens is 380 g/mol. The molecule has 0 aliphatic carbocycles. The number of hydrogen-bond donors (Lipinski definition) is 2. The number of nitrogens with zero attached hydrogens (tertiary/aromatic N) is 4. The van der Waals surface area contributed by atoms with Gasteiger partial charge >= 0.3 is 0 Å². The van der Waals surface area contributed by atoms with E-state index in [1.807, 2.05) is 13.2 Å². The molecule has 3 rings (SSSR count). The van der Waals surface area contributed by atoms with Gasteiger partial charge in [0.15, 0.2) is 5.96 Å². The molecule has 0 unspecified atom stereocenters. The summed E-state index contributed by atoms with van der Waals surface area (Å²) in [7, 11) is 3.98. The molecule has 1 aromatic heterocycles. The van der Waals surface area contributed by atoms with E-state index in [-0.39, 0.29) is 0 Å². The van der Waals surface area contributed by atoms with Crippen LogP contribution < -0.4 is 15.5 Å². The fourth-order valence-corrected chi connectivity index (χ4v) is 4.07. The topological polar surface area (TPSA) is 55.8 Å². The highest BCUT2D eigenvalue weighted by molar-refractivity contribution is 7.98. The van der Waals surface area contributed by atoms with Gasteiger partial charge in [-0.15, -0.1) is 11.8 Å². The summed E-state index contributed by atoms with van der Waals surface area (Å²) in [6.45, 7) is 7.80. The average molecular weight is 413 g/mol. The number of likely N-dealkylation sites (N-methyl/N-ethyl adjacent to an activating group) is 1. The maximum atomic E-state index is 4.57. The van der Waals surface area contributed by atoms with E-state index in [0.717, 1.165) is 44.5 Å². The quantitative estimate of drug-likeness (QED) is 0.432. The van der Waals surface area contributed by atoms with Gasteiger partial charge in [-0.05, 0) is 55.1 Å². The van der Waals surface area contributed by atoms with E-state index in [4.69, 9.17) is 0 Å². The molecule has 156 valence electrons. The Morgan fingerprint density at radius 1 is 1.10 bits per heavy atom. The molecule has 0 atom stereocenters. The molecule has 0 radical (unpaired) electrons. The van der Waals surface area contributed by atoms with Gasteiger partial charge in [0.2, 0.25) is 0 Å². The Morgan fingerprint density at radius 3 is 2.59 bits per heavy atom. The second kappa shape index (κ2) is 10.5. The molecular formula is C22H32N6S. The summed E-state index contributed by atoms with van der Waals surface area (Å²) in [4.78, 5) is 15.0. The molecule has 2 heterocycles. The Kier molecular flexibility index (Phi) is 7.77. The first-order valence-electron chi connectivity index (χ1n) is 10.1. The van der Waals surface area contributed by atoms with Gasteiger partial charge in [-0.25, -0.2) is 4.98 Å². The van der Waals surface area contributed by atoms with E-state index in [1.165, 1.54) is 21.6 Å². The van der Waals surface area contributed by atoms with Crippen molar-refractivity contribution >= 4 is 23.5 Å². The lowest BCUT2D eigenvalue weighted by atomic mass is 10.1. The van der Waals surface area contributed by atoms with Crippen molar-refractivity contribution in [3.05, 3.63) is 53.2 Å². The Hall–Kier alpha value is -2.25. The smallest absolute Gasteiger partial charge is 0.191 e. The number of aliphatic imine (C=N–C) groups is 1. The SMILES string of the molecule is CN=C(NCc1ccnc(N2CCN(C)CC2)c1)NCc1ccc(C)cc1SC. The first kappa shape index (κ1) is 21.5. The number of thioether (sulfide) groups is 1. The lowest BCUT2D eigenvalue weighted by molar-refractivity contribution is 0.312. The maximum absolute atomic E-state index is 4.57. The van der Waals surface area contributed by atoms with Gasteiger partial charge in [0.1, 0.15) is 5.82 Å². The average Bonchev–Trinajstić information content (AvgIpc) is 2.75. The molecule has 29 heavy (non-hydrogen) atoms. The van der Waals surface area contributed by atoms with E-state index in [1.54, 1.807) is 11.8 Å². The van der Waals surface area contributed by atoms with Gasteiger partial charge in [0.05, 0.1) is 0 Å². The van der Waals surface area contributed by atoms with Crippen molar-refractivity contribution in [2.75, 3.05) is 51.4 Å². The van der Waals surface area contributed by atoms with Gasteiger partial charge in [0.25, 0.3) is 0 Å². The van der Waals surface area contributed by atoms with Gasteiger partial charge in [-0.1, -0.05) is 12.1 Å². The van der Waals surface area contributed by atoms with Crippen LogP contribution in [-0.2, 0) is 13.1 Å². The molecule has 6 nitrogen and oxygen atoms in total. The number of piperazine rings is 1. The summed E-state index contributed by atoms with van der Waals surface area (Å²) < 4.78 is 0. The highest BCUT2D eigenvalue weighted by Crippen LogP contribution is 2.21. The monoisotopic (exact) mass is 412 g/mol. The molecule has 1 fully saturated rings. The second-order valence-corrected chi connectivity index (χ2v) is 8.26.